The molecule has 1 aromatic heterocycles. The van der Waals surface area contributed by atoms with Crippen molar-refractivity contribution in [2.75, 3.05) is 0 Å². The maximum Gasteiger partial charge on any atom is 0.127 e. The highest BCUT2D eigenvalue weighted by atomic mass is 79.9. The number of halogens is 2. The molecule has 0 aliphatic carbocycles. The first-order chi connectivity index (χ1) is 14.2. The van der Waals surface area contributed by atoms with Crippen LogP contribution in [0.4, 0.5) is 4.39 Å². The van der Waals surface area contributed by atoms with Crippen molar-refractivity contribution in [1.29, 1.82) is 0 Å². The fourth-order valence-corrected chi connectivity index (χ4v) is 4.25. The van der Waals surface area contributed by atoms with E-state index in [4.69, 9.17) is 4.74 Å². The average Bonchev–Trinajstić information content (AvgIpc) is 3.08. The molecule has 0 saturated carbocycles. The topological polar surface area (TPSA) is 27.1 Å². The quantitative estimate of drug-likeness (QED) is 0.344. The zero-order valence-corrected chi connectivity index (χ0v) is 17.4. The zero-order valence-electron chi connectivity index (χ0n) is 15.8. The van der Waals surface area contributed by atoms with Crippen LogP contribution in [-0.4, -0.2) is 9.78 Å². The maximum absolute atomic E-state index is 13.3. The molecule has 4 aromatic rings. The lowest BCUT2D eigenvalue weighted by Crippen LogP contribution is -2.00. The Morgan fingerprint density at radius 1 is 1.10 bits per heavy atom. The predicted molar refractivity (Wildman–Crippen MR) is 117 cm³/mol. The van der Waals surface area contributed by atoms with Gasteiger partial charge in [0.25, 0.3) is 0 Å². The number of rotatable bonds is 2. The summed E-state index contributed by atoms with van der Waals surface area (Å²) in [5.74, 6) is 0.623. The van der Waals surface area contributed by atoms with Crippen molar-refractivity contribution in [3.63, 3.8) is 0 Å². The third-order valence-electron chi connectivity index (χ3n) is 5.25. The van der Waals surface area contributed by atoms with Crippen LogP contribution in [0.1, 0.15) is 30.0 Å². The fraction of sp³-hybridized carbons (Fsp3) is 0.125. The van der Waals surface area contributed by atoms with E-state index >= 15 is 0 Å². The minimum Gasteiger partial charge on any atom is -0.488 e. The van der Waals surface area contributed by atoms with Crippen LogP contribution in [0.3, 0.4) is 0 Å². The number of nitrogens with zero attached hydrogens (tertiary/aromatic N) is 2. The van der Waals surface area contributed by atoms with Crippen LogP contribution in [0.15, 0.2) is 71.3 Å². The summed E-state index contributed by atoms with van der Waals surface area (Å²) in [5, 5.41) is 5.58. The predicted octanol–water partition coefficient (Wildman–Crippen LogP) is 6.62. The summed E-state index contributed by atoms with van der Waals surface area (Å²) in [4.78, 5) is 0. The van der Waals surface area contributed by atoms with E-state index in [-0.39, 0.29) is 5.82 Å². The van der Waals surface area contributed by atoms with E-state index in [0.717, 1.165) is 55.5 Å². The minimum atomic E-state index is -0.260. The van der Waals surface area contributed by atoms with Crippen molar-refractivity contribution in [2.45, 2.75) is 20.0 Å². The summed E-state index contributed by atoms with van der Waals surface area (Å²) < 4.78 is 22.5. The third-order valence-corrected chi connectivity index (χ3v) is 6.21. The molecular weight excluding hydrogens is 431 g/mol. The fourth-order valence-electron chi connectivity index (χ4n) is 3.83. The van der Waals surface area contributed by atoms with Crippen molar-refractivity contribution < 1.29 is 9.13 Å². The number of para-hydroxylation sites is 1. The first-order valence-electron chi connectivity index (χ1n) is 9.53. The molecule has 5 rings (SSSR count). The van der Waals surface area contributed by atoms with E-state index in [1.165, 1.54) is 12.1 Å². The molecule has 0 bridgehead atoms. The molecule has 0 N–H and O–H groups in total. The van der Waals surface area contributed by atoms with Gasteiger partial charge in [-0.2, -0.15) is 5.10 Å². The molecule has 0 radical (unpaired) electrons. The first kappa shape index (κ1) is 18.1. The molecule has 0 fully saturated rings. The number of fused-ring (bicyclic) bond motifs is 3. The molecule has 29 heavy (non-hydrogen) atoms. The van der Waals surface area contributed by atoms with Crippen LogP contribution in [-0.2, 0) is 6.61 Å². The van der Waals surface area contributed by atoms with Gasteiger partial charge in [0.1, 0.15) is 18.2 Å². The van der Waals surface area contributed by atoms with Gasteiger partial charge in [0, 0.05) is 21.0 Å². The van der Waals surface area contributed by atoms with Gasteiger partial charge in [0.15, 0.2) is 0 Å². The highest BCUT2D eigenvalue weighted by Gasteiger charge is 2.22. The van der Waals surface area contributed by atoms with Gasteiger partial charge in [-0.15, -0.1) is 0 Å². The zero-order chi connectivity index (χ0) is 20.0. The molecule has 0 atom stereocenters. The molecule has 5 heteroatoms. The Balaban J connectivity index is 1.74. The third kappa shape index (κ3) is 3.06. The minimum absolute atomic E-state index is 0.260. The SMILES string of the molecule is CC/C(Br)=C1/c2cc3cnn(-c4ccc(F)cc4)c3cc2COc2ccccc21. The molecule has 0 spiro atoms. The van der Waals surface area contributed by atoms with Gasteiger partial charge in [-0.25, -0.2) is 9.07 Å². The standard InChI is InChI=1S/C24H18BrFN2O/c1-2-21(25)24-19-5-3-4-6-23(19)29-14-16-12-22-15(11-20(16)24)13-27-28(22)18-9-7-17(26)8-10-18/h3-13H,2,14H2,1H3/b24-21-. The Hall–Kier alpha value is -2.92. The van der Waals surface area contributed by atoms with Crippen LogP contribution >= 0.6 is 15.9 Å². The van der Waals surface area contributed by atoms with Crippen molar-refractivity contribution in [2.24, 2.45) is 0 Å². The van der Waals surface area contributed by atoms with Crippen LogP contribution in [0.25, 0.3) is 22.2 Å². The average molecular weight is 449 g/mol. The molecular formula is C24H18BrFN2O. The second-order valence-corrected chi connectivity index (χ2v) is 7.98. The van der Waals surface area contributed by atoms with Gasteiger partial charge in [-0.1, -0.05) is 41.1 Å². The number of benzene rings is 3. The lowest BCUT2D eigenvalue weighted by Gasteiger charge is -2.13. The lowest BCUT2D eigenvalue weighted by atomic mass is 9.92. The number of aromatic nitrogens is 2. The molecule has 0 unspecified atom stereocenters. The van der Waals surface area contributed by atoms with Gasteiger partial charge in [0.05, 0.1) is 17.4 Å². The van der Waals surface area contributed by atoms with Crippen molar-refractivity contribution >= 4 is 32.4 Å². The van der Waals surface area contributed by atoms with E-state index in [1.54, 1.807) is 12.1 Å². The Morgan fingerprint density at radius 2 is 1.90 bits per heavy atom. The second kappa shape index (κ2) is 7.16. The summed E-state index contributed by atoms with van der Waals surface area (Å²) >= 11 is 3.79. The normalized spacial score (nSPS) is 14.7. The van der Waals surface area contributed by atoms with Crippen LogP contribution in [0.5, 0.6) is 5.75 Å². The van der Waals surface area contributed by atoms with Crippen LogP contribution in [0.2, 0.25) is 0 Å². The van der Waals surface area contributed by atoms with E-state index in [9.17, 15) is 4.39 Å². The Kier molecular flexibility index (Phi) is 4.47. The van der Waals surface area contributed by atoms with Gasteiger partial charge < -0.3 is 4.74 Å². The van der Waals surface area contributed by atoms with Gasteiger partial charge in [-0.3, -0.25) is 0 Å². The van der Waals surface area contributed by atoms with Gasteiger partial charge in [0.2, 0.25) is 0 Å². The Labute approximate surface area is 176 Å². The van der Waals surface area contributed by atoms with E-state index < -0.39 is 0 Å². The van der Waals surface area contributed by atoms with E-state index in [0.29, 0.717) is 6.61 Å². The summed E-state index contributed by atoms with van der Waals surface area (Å²) in [6.45, 7) is 2.61. The summed E-state index contributed by atoms with van der Waals surface area (Å²) in [7, 11) is 0. The summed E-state index contributed by atoms with van der Waals surface area (Å²) in [5.41, 5.74) is 6.28. The largest absolute Gasteiger partial charge is 0.488 e. The summed E-state index contributed by atoms with van der Waals surface area (Å²) in [6, 6.07) is 18.8. The smallest absolute Gasteiger partial charge is 0.127 e. The van der Waals surface area contributed by atoms with Crippen molar-refractivity contribution in [3.8, 4) is 11.4 Å². The molecule has 1 aliphatic heterocycles. The molecule has 3 aromatic carbocycles. The van der Waals surface area contributed by atoms with Crippen LogP contribution in [0, 0.1) is 5.82 Å². The molecule has 1 aliphatic rings. The first-order valence-corrected chi connectivity index (χ1v) is 10.3. The molecule has 2 heterocycles. The second-order valence-electron chi connectivity index (χ2n) is 7.02. The van der Waals surface area contributed by atoms with Gasteiger partial charge in [-0.05, 0) is 60.0 Å². The van der Waals surface area contributed by atoms with Crippen molar-refractivity contribution in [3.05, 3.63) is 93.9 Å². The molecule has 0 amide bonds. The van der Waals surface area contributed by atoms with E-state index in [1.807, 2.05) is 29.1 Å². The highest BCUT2D eigenvalue weighted by Crippen LogP contribution is 2.42. The highest BCUT2D eigenvalue weighted by molar-refractivity contribution is 9.11. The molecule has 0 saturated heterocycles. The summed E-state index contributed by atoms with van der Waals surface area (Å²) in [6.07, 6.45) is 2.74. The molecule has 144 valence electrons. The number of allylic oxidation sites excluding steroid dienone is 1. The van der Waals surface area contributed by atoms with E-state index in [2.05, 4.69) is 46.2 Å². The monoisotopic (exact) mass is 448 g/mol. The Bertz CT molecular complexity index is 1260. The Morgan fingerprint density at radius 3 is 2.69 bits per heavy atom. The van der Waals surface area contributed by atoms with Crippen molar-refractivity contribution in [1.82, 2.24) is 9.78 Å². The number of hydrogen-bond donors (Lipinski definition) is 0. The maximum atomic E-state index is 13.3. The number of ether oxygens (including phenoxy) is 1. The van der Waals surface area contributed by atoms with Gasteiger partial charge >= 0.3 is 0 Å². The van der Waals surface area contributed by atoms with Crippen LogP contribution < -0.4 is 4.74 Å². The lowest BCUT2D eigenvalue weighted by molar-refractivity contribution is 0.307. The molecule has 3 nitrogen and oxygen atoms in total. The number of hydrogen-bond acceptors (Lipinski definition) is 2.